The molecule has 1 fully saturated rings. The Morgan fingerprint density at radius 3 is 3.18 bits per heavy atom. The van der Waals surface area contributed by atoms with E-state index in [0.717, 1.165) is 32.2 Å². The molecule has 1 saturated carbocycles. The van der Waals surface area contributed by atoms with E-state index >= 15 is 0 Å². The Bertz CT molecular complexity index is 435. The van der Waals surface area contributed by atoms with Gasteiger partial charge < -0.3 is 15.4 Å². The zero-order valence-electron chi connectivity index (χ0n) is 9.45. The molecule has 2 rings (SSSR count). The molecule has 2 atom stereocenters. The fraction of sp³-hybridized carbons (Fsp3) is 0.636. The van der Waals surface area contributed by atoms with Crippen LogP contribution in [0.2, 0.25) is 0 Å². The molecule has 1 aromatic heterocycles. The molecule has 17 heavy (non-hydrogen) atoms. The molecule has 1 aromatic rings. The molecule has 1 aliphatic rings. The van der Waals surface area contributed by atoms with E-state index in [1.807, 2.05) is 0 Å². The summed E-state index contributed by atoms with van der Waals surface area (Å²) in [5.74, 6) is 1.01. The van der Waals surface area contributed by atoms with Crippen LogP contribution < -0.4 is 10.9 Å². The second kappa shape index (κ2) is 5.64. The van der Waals surface area contributed by atoms with Crippen molar-refractivity contribution in [3.05, 3.63) is 21.2 Å². The molecule has 2 unspecified atom stereocenters. The summed E-state index contributed by atoms with van der Waals surface area (Å²) in [6, 6.07) is 0. The highest BCUT2D eigenvalue weighted by molar-refractivity contribution is 9.10. The van der Waals surface area contributed by atoms with E-state index in [4.69, 9.17) is 0 Å². The molecule has 0 amide bonds. The average molecular weight is 302 g/mol. The molecule has 3 N–H and O–H groups in total. The summed E-state index contributed by atoms with van der Waals surface area (Å²) in [6.07, 6.45) is 5.12. The van der Waals surface area contributed by atoms with E-state index in [2.05, 4.69) is 31.2 Å². The van der Waals surface area contributed by atoms with Crippen molar-refractivity contribution in [1.82, 2.24) is 9.97 Å². The number of H-pyrrole nitrogens is 1. The molecule has 0 aromatic carbocycles. The van der Waals surface area contributed by atoms with Crippen LogP contribution in [0.4, 0.5) is 5.82 Å². The summed E-state index contributed by atoms with van der Waals surface area (Å²) in [5, 5.41) is 12.7. The van der Waals surface area contributed by atoms with Gasteiger partial charge in [0.15, 0.2) is 0 Å². The first-order chi connectivity index (χ1) is 8.16. The van der Waals surface area contributed by atoms with E-state index in [-0.39, 0.29) is 11.7 Å². The van der Waals surface area contributed by atoms with Gasteiger partial charge in [0.25, 0.3) is 5.56 Å². The summed E-state index contributed by atoms with van der Waals surface area (Å²) in [7, 11) is 0. The lowest BCUT2D eigenvalue weighted by Crippen LogP contribution is -2.25. The van der Waals surface area contributed by atoms with E-state index in [1.165, 1.54) is 6.33 Å². The monoisotopic (exact) mass is 301 g/mol. The SMILES string of the molecule is O=c1[nH]cnc(NCC2CCCC(O)C2)c1Br. The van der Waals surface area contributed by atoms with Gasteiger partial charge in [-0.05, 0) is 41.1 Å². The summed E-state index contributed by atoms with van der Waals surface area (Å²) < 4.78 is 0.427. The molecule has 0 aliphatic heterocycles. The Labute approximate surface area is 108 Å². The minimum absolute atomic E-state index is 0.175. The fourth-order valence-corrected chi connectivity index (χ4v) is 2.55. The van der Waals surface area contributed by atoms with E-state index < -0.39 is 0 Å². The third kappa shape index (κ3) is 3.29. The Kier molecular flexibility index (Phi) is 4.17. The number of nitrogens with one attached hydrogen (secondary N) is 2. The van der Waals surface area contributed by atoms with Gasteiger partial charge in [-0.15, -0.1) is 0 Å². The van der Waals surface area contributed by atoms with Gasteiger partial charge in [-0.1, -0.05) is 6.42 Å². The van der Waals surface area contributed by atoms with Crippen molar-refractivity contribution in [1.29, 1.82) is 0 Å². The van der Waals surface area contributed by atoms with Crippen molar-refractivity contribution in [2.45, 2.75) is 31.8 Å². The smallest absolute Gasteiger partial charge is 0.267 e. The van der Waals surface area contributed by atoms with E-state index in [9.17, 15) is 9.90 Å². The zero-order chi connectivity index (χ0) is 12.3. The Morgan fingerprint density at radius 2 is 2.41 bits per heavy atom. The van der Waals surface area contributed by atoms with Crippen molar-refractivity contribution in [3.63, 3.8) is 0 Å². The number of aliphatic hydroxyl groups is 1. The quantitative estimate of drug-likeness (QED) is 0.790. The van der Waals surface area contributed by atoms with Crippen LogP contribution in [0.1, 0.15) is 25.7 Å². The lowest BCUT2D eigenvalue weighted by Gasteiger charge is -2.26. The molecule has 0 saturated heterocycles. The maximum absolute atomic E-state index is 11.3. The second-order valence-electron chi connectivity index (χ2n) is 4.46. The van der Waals surface area contributed by atoms with Gasteiger partial charge in [0.05, 0.1) is 12.4 Å². The van der Waals surface area contributed by atoms with Crippen LogP contribution in [0.5, 0.6) is 0 Å². The number of nitrogens with zero attached hydrogens (tertiary/aromatic N) is 1. The lowest BCUT2D eigenvalue weighted by atomic mass is 9.87. The lowest BCUT2D eigenvalue weighted by molar-refractivity contribution is 0.104. The second-order valence-corrected chi connectivity index (χ2v) is 5.25. The van der Waals surface area contributed by atoms with Gasteiger partial charge in [-0.25, -0.2) is 4.98 Å². The fourth-order valence-electron chi connectivity index (χ4n) is 2.20. The normalized spacial score (nSPS) is 24.6. The van der Waals surface area contributed by atoms with Crippen LogP contribution in [0.25, 0.3) is 0 Å². The predicted molar refractivity (Wildman–Crippen MR) is 69.0 cm³/mol. The molecular formula is C11H16BrN3O2. The van der Waals surface area contributed by atoms with Crippen molar-refractivity contribution >= 4 is 21.7 Å². The van der Waals surface area contributed by atoms with Gasteiger partial charge in [0.1, 0.15) is 10.3 Å². The van der Waals surface area contributed by atoms with Crippen LogP contribution >= 0.6 is 15.9 Å². The van der Waals surface area contributed by atoms with Gasteiger partial charge in [-0.2, -0.15) is 0 Å². The summed E-state index contributed by atoms with van der Waals surface area (Å²) in [6.45, 7) is 0.742. The first-order valence-electron chi connectivity index (χ1n) is 5.82. The van der Waals surface area contributed by atoms with Gasteiger partial charge in [0, 0.05) is 6.54 Å². The van der Waals surface area contributed by atoms with Crippen molar-refractivity contribution in [2.75, 3.05) is 11.9 Å². The first-order valence-corrected chi connectivity index (χ1v) is 6.61. The Balaban J connectivity index is 1.93. The number of halogens is 1. The number of hydrogen-bond donors (Lipinski definition) is 3. The van der Waals surface area contributed by atoms with Crippen LogP contribution in [0.3, 0.4) is 0 Å². The van der Waals surface area contributed by atoms with Crippen molar-refractivity contribution < 1.29 is 5.11 Å². The highest BCUT2D eigenvalue weighted by Gasteiger charge is 2.20. The van der Waals surface area contributed by atoms with Crippen molar-refractivity contribution in [3.8, 4) is 0 Å². The number of aromatic nitrogens is 2. The molecule has 94 valence electrons. The zero-order valence-corrected chi connectivity index (χ0v) is 11.0. The summed E-state index contributed by atoms with van der Waals surface area (Å²) >= 11 is 3.20. The standard InChI is InChI=1S/C11H16BrN3O2/c12-9-10(14-6-15-11(9)17)13-5-7-2-1-3-8(16)4-7/h6-8,16H,1-5H2,(H2,13,14,15,17). The van der Waals surface area contributed by atoms with E-state index in [1.54, 1.807) is 0 Å². The maximum atomic E-state index is 11.3. The molecule has 0 bridgehead atoms. The predicted octanol–water partition coefficient (Wildman–Crippen LogP) is 1.50. The minimum Gasteiger partial charge on any atom is -0.393 e. The maximum Gasteiger partial charge on any atom is 0.267 e. The Morgan fingerprint density at radius 1 is 1.59 bits per heavy atom. The Hall–Kier alpha value is -0.880. The first kappa shape index (κ1) is 12.6. The number of anilines is 1. The number of aromatic amines is 1. The van der Waals surface area contributed by atoms with E-state index in [0.29, 0.717) is 16.2 Å². The molecule has 1 heterocycles. The highest BCUT2D eigenvalue weighted by Crippen LogP contribution is 2.24. The minimum atomic E-state index is -0.189. The third-order valence-electron chi connectivity index (χ3n) is 3.11. The topological polar surface area (TPSA) is 78.0 Å². The highest BCUT2D eigenvalue weighted by atomic mass is 79.9. The summed E-state index contributed by atoms with van der Waals surface area (Å²) in [4.78, 5) is 17.9. The van der Waals surface area contributed by atoms with Gasteiger partial charge in [-0.3, -0.25) is 4.79 Å². The van der Waals surface area contributed by atoms with Crippen LogP contribution in [0, 0.1) is 5.92 Å². The summed E-state index contributed by atoms with van der Waals surface area (Å²) in [5.41, 5.74) is -0.189. The third-order valence-corrected chi connectivity index (χ3v) is 3.85. The van der Waals surface area contributed by atoms with Crippen LogP contribution in [-0.2, 0) is 0 Å². The van der Waals surface area contributed by atoms with Crippen LogP contribution in [0.15, 0.2) is 15.6 Å². The van der Waals surface area contributed by atoms with Gasteiger partial charge >= 0.3 is 0 Å². The largest absolute Gasteiger partial charge is 0.393 e. The molecule has 0 spiro atoms. The van der Waals surface area contributed by atoms with Crippen molar-refractivity contribution in [2.24, 2.45) is 5.92 Å². The molecular weight excluding hydrogens is 286 g/mol. The molecule has 0 radical (unpaired) electrons. The van der Waals surface area contributed by atoms with Crippen LogP contribution in [-0.4, -0.2) is 27.7 Å². The molecule has 5 nitrogen and oxygen atoms in total. The molecule has 1 aliphatic carbocycles. The number of hydrogen-bond acceptors (Lipinski definition) is 4. The number of rotatable bonds is 3. The van der Waals surface area contributed by atoms with Gasteiger partial charge in [0.2, 0.25) is 0 Å². The average Bonchev–Trinajstić information content (AvgIpc) is 2.31. The molecule has 6 heteroatoms. The number of aliphatic hydroxyl groups excluding tert-OH is 1.